The van der Waals surface area contributed by atoms with E-state index in [4.69, 9.17) is 23.2 Å². The number of nitrogens with one attached hydrogen (secondary N) is 1. The predicted molar refractivity (Wildman–Crippen MR) is 95.2 cm³/mol. The predicted octanol–water partition coefficient (Wildman–Crippen LogP) is 4.55. The van der Waals surface area contributed by atoms with Crippen molar-refractivity contribution in [2.24, 2.45) is 0 Å². The molecule has 1 N–H and O–H groups in total. The molecule has 5 heteroatoms. The quantitative estimate of drug-likeness (QED) is 0.878. The largest absolute Gasteiger partial charge is 0.322 e. The standard InChI is InChI=1S/C18H18Cl2N2O/c1-22(16-10-9-12-5-2-3-6-13(12)16)11-17(23)21-18-14(19)7-4-8-15(18)20/h2-8,16H,9-11H2,1H3,(H,21,23). The molecule has 1 aliphatic rings. The number of hydrogen-bond acceptors (Lipinski definition) is 2. The van der Waals surface area contributed by atoms with E-state index in [-0.39, 0.29) is 11.9 Å². The lowest BCUT2D eigenvalue weighted by Gasteiger charge is -2.24. The molecule has 0 bridgehead atoms. The number of amides is 1. The van der Waals surface area contributed by atoms with Crippen LogP contribution in [0, 0.1) is 0 Å². The van der Waals surface area contributed by atoms with E-state index in [1.54, 1.807) is 18.2 Å². The number of fused-ring (bicyclic) bond motifs is 1. The average molecular weight is 349 g/mol. The lowest BCUT2D eigenvalue weighted by atomic mass is 10.1. The summed E-state index contributed by atoms with van der Waals surface area (Å²) in [4.78, 5) is 14.4. The first-order valence-electron chi connectivity index (χ1n) is 7.58. The topological polar surface area (TPSA) is 32.3 Å². The van der Waals surface area contributed by atoms with Gasteiger partial charge in [0.2, 0.25) is 5.91 Å². The maximum absolute atomic E-state index is 12.3. The third-order valence-electron chi connectivity index (χ3n) is 4.25. The molecule has 3 rings (SSSR count). The van der Waals surface area contributed by atoms with Crippen LogP contribution in [0.4, 0.5) is 5.69 Å². The number of halogens is 2. The van der Waals surface area contributed by atoms with Crippen molar-refractivity contribution >= 4 is 34.8 Å². The van der Waals surface area contributed by atoms with Crippen molar-refractivity contribution in [3.8, 4) is 0 Å². The summed E-state index contributed by atoms with van der Waals surface area (Å²) >= 11 is 12.2. The van der Waals surface area contributed by atoms with E-state index in [2.05, 4.69) is 34.5 Å². The molecule has 0 saturated heterocycles. The Balaban J connectivity index is 1.67. The molecule has 0 fully saturated rings. The van der Waals surface area contributed by atoms with Crippen molar-refractivity contribution in [2.75, 3.05) is 18.9 Å². The molecular weight excluding hydrogens is 331 g/mol. The van der Waals surface area contributed by atoms with E-state index < -0.39 is 0 Å². The lowest BCUT2D eigenvalue weighted by molar-refractivity contribution is -0.117. The first-order valence-corrected chi connectivity index (χ1v) is 8.34. The molecule has 0 heterocycles. The van der Waals surface area contributed by atoms with Crippen LogP contribution in [0.25, 0.3) is 0 Å². The van der Waals surface area contributed by atoms with Gasteiger partial charge in [-0.05, 0) is 43.1 Å². The van der Waals surface area contributed by atoms with Gasteiger partial charge in [0.1, 0.15) is 0 Å². The van der Waals surface area contributed by atoms with Gasteiger partial charge in [0.05, 0.1) is 22.3 Å². The number of rotatable bonds is 4. The Morgan fingerprint density at radius 1 is 1.17 bits per heavy atom. The highest BCUT2D eigenvalue weighted by molar-refractivity contribution is 6.39. The Bertz CT molecular complexity index is 712. The van der Waals surface area contributed by atoms with Crippen LogP contribution in [0.5, 0.6) is 0 Å². The van der Waals surface area contributed by atoms with Crippen LogP contribution < -0.4 is 5.32 Å². The van der Waals surface area contributed by atoms with E-state index >= 15 is 0 Å². The van der Waals surface area contributed by atoms with Gasteiger partial charge in [0, 0.05) is 6.04 Å². The lowest BCUT2D eigenvalue weighted by Crippen LogP contribution is -2.32. The summed E-state index contributed by atoms with van der Waals surface area (Å²) in [7, 11) is 1.97. The normalized spacial score (nSPS) is 16.4. The number of carbonyl (C=O) groups excluding carboxylic acids is 1. The van der Waals surface area contributed by atoms with E-state index in [0.717, 1.165) is 12.8 Å². The third-order valence-corrected chi connectivity index (χ3v) is 4.88. The van der Waals surface area contributed by atoms with Crippen LogP contribution >= 0.6 is 23.2 Å². The fourth-order valence-corrected chi connectivity index (χ4v) is 3.62. The fourth-order valence-electron chi connectivity index (χ4n) is 3.13. The van der Waals surface area contributed by atoms with Crippen molar-refractivity contribution in [1.29, 1.82) is 0 Å². The average Bonchev–Trinajstić information content (AvgIpc) is 2.95. The number of nitrogens with zero attached hydrogens (tertiary/aromatic N) is 1. The second-order valence-electron chi connectivity index (χ2n) is 5.81. The first-order chi connectivity index (χ1) is 11.1. The van der Waals surface area contributed by atoms with Crippen molar-refractivity contribution in [3.63, 3.8) is 0 Å². The molecule has 120 valence electrons. The Morgan fingerprint density at radius 2 is 1.87 bits per heavy atom. The minimum absolute atomic E-state index is 0.119. The zero-order valence-corrected chi connectivity index (χ0v) is 14.4. The molecule has 23 heavy (non-hydrogen) atoms. The number of aryl methyl sites for hydroxylation is 1. The Kier molecular flexibility index (Phi) is 4.90. The van der Waals surface area contributed by atoms with Crippen molar-refractivity contribution in [2.45, 2.75) is 18.9 Å². The van der Waals surface area contributed by atoms with E-state index in [1.807, 2.05) is 7.05 Å². The minimum atomic E-state index is -0.119. The van der Waals surface area contributed by atoms with E-state index in [1.165, 1.54) is 11.1 Å². The Labute approximate surface area is 146 Å². The van der Waals surface area contributed by atoms with Gasteiger partial charge in [-0.3, -0.25) is 9.69 Å². The van der Waals surface area contributed by atoms with Gasteiger partial charge in [-0.15, -0.1) is 0 Å². The molecule has 0 aromatic heterocycles. The summed E-state index contributed by atoms with van der Waals surface area (Å²) < 4.78 is 0. The third kappa shape index (κ3) is 3.52. The highest BCUT2D eigenvalue weighted by Gasteiger charge is 2.26. The summed E-state index contributed by atoms with van der Waals surface area (Å²) in [6.45, 7) is 0.292. The van der Waals surface area contributed by atoms with Gasteiger partial charge in [0.15, 0.2) is 0 Å². The monoisotopic (exact) mass is 348 g/mol. The summed E-state index contributed by atoms with van der Waals surface area (Å²) in [6, 6.07) is 13.9. The number of anilines is 1. The SMILES string of the molecule is CN(CC(=O)Nc1c(Cl)cccc1Cl)C1CCc2ccccc21. The van der Waals surface area contributed by atoms with Gasteiger partial charge in [-0.2, -0.15) is 0 Å². The molecule has 1 amide bonds. The number of benzene rings is 2. The van der Waals surface area contributed by atoms with Crippen LogP contribution in [0.2, 0.25) is 10.0 Å². The summed E-state index contributed by atoms with van der Waals surface area (Å²) in [5.74, 6) is -0.119. The fraction of sp³-hybridized carbons (Fsp3) is 0.278. The first kappa shape index (κ1) is 16.3. The van der Waals surface area contributed by atoms with Gasteiger partial charge >= 0.3 is 0 Å². The number of likely N-dealkylation sites (N-methyl/N-ethyl adjacent to an activating group) is 1. The van der Waals surface area contributed by atoms with Crippen molar-refractivity contribution < 1.29 is 4.79 Å². The molecule has 1 atom stereocenters. The van der Waals surface area contributed by atoms with Crippen LogP contribution in [0.1, 0.15) is 23.6 Å². The molecular formula is C18H18Cl2N2O. The summed E-state index contributed by atoms with van der Waals surface area (Å²) in [5.41, 5.74) is 3.17. The molecule has 0 radical (unpaired) electrons. The van der Waals surface area contributed by atoms with Crippen molar-refractivity contribution in [1.82, 2.24) is 4.90 Å². The molecule has 3 nitrogen and oxygen atoms in total. The molecule has 0 aliphatic heterocycles. The van der Waals surface area contributed by atoms with Crippen LogP contribution in [-0.4, -0.2) is 24.4 Å². The second-order valence-corrected chi connectivity index (χ2v) is 6.63. The zero-order valence-electron chi connectivity index (χ0n) is 12.9. The molecule has 1 unspecified atom stereocenters. The summed E-state index contributed by atoms with van der Waals surface area (Å²) in [5, 5.41) is 3.70. The molecule has 0 spiro atoms. The smallest absolute Gasteiger partial charge is 0.238 e. The molecule has 0 saturated carbocycles. The van der Waals surface area contributed by atoms with Crippen molar-refractivity contribution in [3.05, 3.63) is 63.6 Å². The van der Waals surface area contributed by atoms with Gasteiger partial charge in [0.25, 0.3) is 0 Å². The maximum atomic E-state index is 12.3. The number of hydrogen-bond donors (Lipinski definition) is 1. The zero-order chi connectivity index (χ0) is 16.4. The highest BCUT2D eigenvalue weighted by atomic mass is 35.5. The summed E-state index contributed by atoms with van der Waals surface area (Å²) in [6.07, 6.45) is 2.10. The van der Waals surface area contributed by atoms with Crippen LogP contribution in [-0.2, 0) is 11.2 Å². The molecule has 1 aliphatic carbocycles. The minimum Gasteiger partial charge on any atom is -0.322 e. The van der Waals surface area contributed by atoms with Crippen LogP contribution in [0.15, 0.2) is 42.5 Å². The second kappa shape index (κ2) is 6.91. The van der Waals surface area contributed by atoms with E-state index in [9.17, 15) is 4.79 Å². The Morgan fingerprint density at radius 3 is 2.61 bits per heavy atom. The molecule has 2 aromatic rings. The molecule has 2 aromatic carbocycles. The van der Waals surface area contributed by atoms with Gasteiger partial charge in [-0.1, -0.05) is 53.5 Å². The van der Waals surface area contributed by atoms with Gasteiger partial charge < -0.3 is 5.32 Å². The van der Waals surface area contributed by atoms with Crippen LogP contribution in [0.3, 0.4) is 0 Å². The number of carbonyl (C=O) groups is 1. The maximum Gasteiger partial charge on any atom is 0.238 e. The highest BCUT2D eigenvalue weighted by Crippen LogP contribution is 2.35. The van der Waals surface area contributed by atoms with E-state index in [0.29, 0.717) is 22.3 Å². The number of para-hydroxylation sites is 1. The Hall–Kier alpha value is -1.55. The van der Waals surface area contributed by atoms with Gasteiger partial charge in [-0.25, -0.2) is 0 Å².